The fourth-order valence-corrected chi connectivity index (χ4v) is 4.41. The Morgan fingerprint density at radius 2 is 2.06 bits per heavy atom. The molecule has 1 aromatic carbocycles. The van der Waals surface area contributed by atoms with Gasteiger partial charge in [-0.1, -0.05) is 48.2 Å². The van der Waals surface area contributed by atoms with Crippen molar-refractivity contribution in [2.24, 2.45) is 0 Å². The van der Waals surface area contributed by atoms with E-state index in [4.69, 9.17) is 4.74 Å². The number of rotatable bonds is 12. The minimum absolute atomic E-state index is 0.0887. The summed E-state index contributed by atoms with van der Waals surface area (Å²) in [5.41, 5.74) is 1.81. The van der Waals surface area contributed by atoms with Gasteiger partial charge in [-0.25, -0.2) is 4.98 Å². The Labute approximate surface area is 195 Å². The summed E-state index contributed by atoms with van der Waals surface area (Å²) in [5, 5.41) is 14.2. The second-order valence-corrected chi connectivity index (χ2v) is 8.55. The summed E-state index contributed by atoms with van der Waals surface area (Å²) in [6.07, 6.45) is 3.49. The molecule has 1 amide bonds. The largest absolute Gasteiger partial charge is 0.466 e. The SMILES string of the molecule is C=CCn1c(CCc2ccccc2)nnc1SCC(=O)Nc1nc(CC(=O)OCC)cs1. The number of thiazole rings is 1. The van der Waals surface area contributed by atoms with Crippen LogP contribution in [0.4, 0.5) is 5.13 Å². The van der Waals surface area contributed by atoms with Crippen molar-refractivity contribution in [3.8, 4) is 0 Å². The third kappa shape index (κ3) is 7.03. The van der Waals surface area contributed by atoms with E-state index in [9.17, 15) is 9.59 Å². The number of carbonyl (C=O) groups is 2. The fraction of sp³-hybridized carbons (Fsp3) is 0.318. The molecule has 10 heteroatoms. The predicted molar refractivity (Wildman–Crippen MR) is 126 cm³/mol. The van der Waals surface area contributed by atoms with Gasteiger partial charge in [0.2, 0.25) is 5.91 Å². The van der Waals surface area contributed by atoms with Crippen LogP contribution in [0.2, 0.25) is 0 Å². The number of ether oxygens (including phenoxy) is 1. The molecule has 3 aromatic rings. The summed E-state index contributed by atoms with van der Waals surface area (Å²) in [4.78, 5) is 28.2. The van der Waals surface area contributed by atoms with Gasteiger partial charge in [0.15, 0.2) is 10.3 Å². The van der Waals surface area contributed by atoms with Gasteiger partial charge in [-0.05, 0) is 18.9 Å². The number of nitrogens with zero attached hydrogens (tertiary/aromatic N) is 4. The van der Waals surface area contributed by atoms with Crippen molar-refractivity contribution in [1.29, 1.82) is 0 Å². The monoisotopic (exact) mass is 471 g/mol. The molecular weight excluding hydrogens is 446 g/mol. The van der Waals surface area contributed by atoms with E-state index in [1.54, 1.807) is 18.4 Å². The maximum atomic E-state index is 12.4. The van der Waals surface area contributed by atoms with Crippen LogP contribution in [-0.4, -0.2) is 44.0 Å². The van der Waals surface area contributed by atoms with E-state index < -0.39 is 0 Å². The second kappa shape index (κ2) is 12.2. The van der Waals surface area contributed by atoms with Gasteiger partial charge in [-0.3, -0.25) is 9.59 Å². The van der Waals surface area contributed by atoms with Crippen LogP contribution in [-0.2, 0) is 40.1 Å². The predicted octanol–water partition coefficient (Wildman–Crippen LogP) is 3.54. The number of carbonyl (C=O) groups excluding carboxylic acids is 2. The topological polar surface area (TPSA) is 99.0 Å². The number of aryl methyl sites for hydroxylation is 2. The van der Waals surface area contributed by atoms with Crippen molar-refractivity contribution in [3.63, 3.8) is 0 Å². The number of nitrogens with one attached hydrogen (secondary N) is 1. The molecule has 0 spiro atoms. The highest BCUT2D eigenvalue weighted by Crippen LogP contribution is 2.20. The van der Waals surface area contributed by atoms with Crippen molar-refractivity contribution < 1.29 is 14.3 Å². The Bertz CT molecular complexity index is 1050. The lowest BCUT2D eigenvalue weighted by atomic mass is 10.1. The Kier molecular flexibility index (Phi) is 9.00. The van der Waals surface area contributed by atoms with Crippen molar-refractivity contribution in [2.45, 2.75) is 37.9 Å². The molecule has 0 saturated heterocycles. The third-order valence-corrected chi connectivity index (χ3v) is 6.12. The molecule has 0 aliphatic heterocycles. The van der Waals surface area contributed by atoms with Crippen LogP contribution in [0, 0.1) is 0 Å². The normalized spacial score (nSPS) is 10.7. The number of aromatic nitrogens is 4. The molecule has 0 aliphatic carbocycles. The van der Waals surface area contributed by atoms with Crippen molar-refractivity contribution in [2.75, 3.05) is 17.7 Å². The number of hydrogen-bond acceptors (Lipinski definition) is 8. The zero-order valence-corrected chi connectivity index (χ0v) is 19.5. The standard InChI is InChI=1S/C22H25N5O3S2/c1-3-12-27-18(11-10-16-8-6-5-7-9-16)25-26-22(27)32-15-19(28)24-21-23-17(14-31-21)13-20(29)30-4-2/h3,5-9,14H,1,4,10-13,15H2,2H3,(H,23,24,28). The molecule has 0 aliphatic rings. The maximum Gasteiger partial charge on any atom is 0.311 e. The van der Waals surface area contributed by atoms with Crippen LogP contribution in [0.25, 0.3) is 0 Å². The zero-order valence-electron chi connectivity index (χ0n) is 17.8. The van der Waals surface area contributed by atoms with Gasteiger partial charge < -0.3 is 14.6 Å². The van der Waals surface area contributed by atoms with E-state index in [0.29, 0.717) is 29.1 Å². The van der Waals surface area contributed by atoms with Gasteiger partial charge in [0, 0.05) is 18.3 Å². The van der Waals surface area contributed by atoms with E-state index >= 15 is 0 Å². The van der Waals surface area contributed by atoms with Crippen LogP contribution in [0.15, 0.2) is 53.5 Å². The lowest BCUT2D eigenvalue weighted by Crippen LogP contribution is -2.15. The highest BCUT2D eigenvalue weighted by molar-refractivity contribution is 7.99. The number of benzene rings is 1. The third-order valence-electron chi connectivity index (χ3n) is 4.35. The smallest absolute Gasteiger partial charge is 0.311 e. The van der Waals surface area contributed by atoms with Crippen LogP contribution in [0.5, 0.6) is 0 Å². The van der Waals surface area contributed by atoms with Crippen molar-refractivity contribution in [1.82, 2.24) is 19.7 Å². The molecule has 0 radical (unpaired) electrons. The summed E-state index contributed by atoms with van der Waals surface area (Å²) >= 11 is 2.59. The summed E-state index contributed by atoms with van der Waals surface area (Å²) in [6.45, 7) is 6.47. The molecule has 3 rings (SSSR count). The zero-order chi connectivity index (χ0) is 22.8. The van der Waals surface area contributed by atoms with Crippen molar-refractivity contribution in [3.05, 3.63) is 65.4 Å². The maximum absolute atomic E-state index is 12.4. The van der Waals surface area contributed by atoms with Crippen LogP contribution >= 0.6 is 23.1 Å². The number of amides is 1. The average Bonchev–Trinajstić information content (AvgIpc) is 3.38. The van der Waals surface area contributed by atoms with E-state index in [2.05, 4.69) is 39.2 Å². The molecular formula is C22H25N5O3S2. The van der Waals surface area contributed by atoms with Gasteiger partial charge in [-0.15, -0.1) is 28.1 Å². The van der Waals surface area contributed by atoms with Gasteiger partial charge in [0.25, 0.3) is 0 Å². The molecule has 2 aromatic heterocycles. The van der Waals surface area contributed by atoms with E-state index in [-0.39, 0.29) is 24.1 Å². The minimum Gasteiger partial charge on any atom is -0.466 e. The second-order valence-electron chi connectivity index (χ2n) is 6.75. The summed E-state index contributed by atoms with van der Waals surface area (Å²) in [5.74, 6) is 0.489. The summed E-state index contributed by atoms with van der Waals surface area (Å²) in [7, 11) is 0. The first kappa shape index (κ1) is 23.7. The van der Waals surface area contributed by atoms with E-state index in [1.165, 1.54) is 28.7 Å². The lowest BCUT2D eigenvalue weighted by Gasteiger charge is -2.08. The highest BCUT2D eigenvalue weighted by atomic mass is 32.2. The molecule has 0 atom stereocenters. The number of thioether (sulfide) groups is 1. The van der Waals surface area contributed by atoms with Crippen LogP contribution in [0.3, 0.4) is 0 Å². The molecule has 0 unspecified atom stereocenters. The Hall–Kier alpha value is -2.98. The van der Waals surface area contributed by atoms with E-state index in [0.717, 1.165) is 18.7 Å². The number of esters is 1. The number of anilines is 1. The molecule has 0 bridgehead atoms. The molecule has 8 nitrogen and oxygen atoms in total. The molecule has 0 saturated carbocycles. The average molecular weight is 472 g/mol. The molecule has 168 valence electrons. The molecule has 0 fully saturated rings. The quantitative estimate of drug-likeness (QED) is 0.245. The van der Waals surface area contributed by atoms with Gasteiger partial charge >= 0.3 is 5.97 Å². The Balaban J connectivity index is 1.53. The van der Waals surface area contributed by atoms with Gasteiger partial charge in [0.05, 0.1) is 24.5 Å². The first-order valence-corrected chi connectivity index (χ1v) is 12.0. The fourth-order valence-electron chi connectivity index (χ4n) is 2.91. The number of allylic oxidation sites excluding steroid dienone is 1. The lowest BCUT2D eigenvalue weighted by molar-refractivity contribution is -0.142. The summed E-state index contributed by atoms with van der Waals surface area (Å²) < 4.78 is 6.89. The number of hydrogen-bond donors (Lipinski definition) is 1. The first-order valence-electron chi connectivity index (χ1n) is 10.2. The highest BCUT2D eigenvalue weighted by Gasteiger charge is 2.15. The Morgan fingerprint density at radius 3 is 2.81 bits per heavy atom. The molecule has 2 heterocycles. The van der Waals surface area contributed by atoms with E-state index in [1.807, 2.05) is 22.8 Å². The van der Waals surface area contributed by atoms with Gasteiger partial charge in [0.1, 0.15) is 5.82 Å². The molecule has 1 N–H and O–H groups in total. The van der Waals surface area contributed by atoms with Crippen molar-refractivity contribution >= 4 is 40.1 Å². The minimum atomic E-state index is -0.337. The Morgan fingerprint density at radius 1 is 1.25 bits per heavy atom. The first-order chi connectivity index (χ1) is 15.6. The van der Waals surface area contributed by atoms with Crippen LogP contribution < -0.4 is 5.32 Å². The molecule has 32 heavy (non-hydrogen) atoms. The van der Waals surface area contributed by atoms with Crippen LogP contribution in [0.1, 0.15) is 24.0 Å². The summed E-state index contributed by atoms with van der Waals surface area (Å²) in [6, 6.07) is 10.2. The van der Waals surface area contributed by atoms with Gasteiger partial charge in [-0.2, -0.15) is 0 Å².